The van der Waals surface area contributed by atoms with Crippen LogP contribution in [0.2, 0.25) is 0 Å². The molecule has 1 heterocycles. The molecule has 0 bridgehead atoms. The van der Waals surface area contributed by atoms with E-state index >= 15 is 0 Å². The lowest BCUT2D eigenvalue weighted by Gasteiger charge is -2.12. The van der Waals surface area contributed by atoms with E-state index in [0.29, 0.717) is 13.1 Å². The van der Waals surface area contributed by atoms with Gasteiger partial charge in [-0.05, 0) is 37.4 Å². The number of nitrogens with one attached hydrogen (secondary N) is 1. The summed E-state index contributed by atoms with van der Waals surface area (Å²) in [6, 6.07) is 3.97. The summed E-state index contributed by atoms with van der Waals surface area (Å²) >= 11 is 0. The van der Waals surface area contributed by atoms with Crippen molar-refractivity contribution in [1.82, 2.24) is 10.3 Å². The molecule has 100 valence electrons. The van der Waals surface area contributed by atoms with Crippen molar-refractivity contribution in [2.24, 2.45) is 11.7 Å². The van der Waals surface area contributed by atoms with Crippen LogP contribution in [0.4, 0.5) is 0 Å². The fourth-order valence-corrected chi connectivity index (χ4v) is 1.85. The largest absolute Gasteiger partial charge is 0.350 e. The third kappa shape index (κ3) is 4.45. The lowest BCUT2D eigenvalue weighted by Crippen LogP contribution is -2.29. The second-order valence-electron chi connectivity index (χ2n) is 4.51. The molecule has 0 aliphatic carbocycles. The van der Waals surface area contributed by atoms with Crippen LogP contribution in [0.25, 0.3) is 0 Å². The fourth-order valence-electron chi connectivity index (χ4n) is 1.85. The van der Waals surface area contributed by atoms with Gasteiger partial charge in [0.1, 0.15) is 0 Å². The molecule has 3 N–H and O–H groups in total. The van der Waals surface area contributed by atoms with Crippen LogP contribution in [0.5, 0.6) is 0 Å². The van der Waals surface area contributed by atoms with Crippen molar-refractivity contribution < 1.29 is 4.79 Å². The van der Waals surface area contributed by atoms with Crippen LogP contribution in [0.3, 0.4) is 0 Å². The van der Waals surface area contributed by atoms with Crippen LogP contribution in [-0.2, 0) is 17.8 Å². The Morgan fingerprint density at radius 2 is 2.33 bits per heavy atom. The van der Waals surface area contributed by atoms with E-state index in [9.17, 15) is 4.79 Å². The molecule has 0 saturated carbocycles. The molecule has 0 radical (unpaired) electrons. The average molecular weight is 249 g/mol. The first-order valence-corrected chi connectivity index (χ1v) is 6.59. The molecule has 1 aromatic rings. The van der Waals surface area contributed by atoms with Crippen LogP contribution >= 0.6 is 0 Å². The second kappa shape index (κ2) is 7.82. The highest BCUT2D eigenvalue weighted by Gasteiger charge is 2.12. The standard InChI is InChI=1S/C14H23N3O/c1-3-12-7-5-9-16-13(12)10-17-14(18)11(2)6-4-8-15/h5,7,9,11H,3-4,6,8,10,15H2,1-2H3,(H,17,18). The summed E-state index contributed by atoms with van der Waals surface area (Å²) in [4.78, 5) is 16.2. The number of aromatic nitrogens is 1. The van der Waals surface area contributed by atoms with Gasteiger partial charge in [0.05, 0.1) is 12.2 Å². The maximum Gasteiger partial charge on any atom is 0.223 e. The van der Waals surface area contributed by atoms with E-state index in [-0.39, 0.29) is 11.8 Å². The van der Waals surface area contributed by atoms with Crippen LogP contribution in [0.15, 0.2) is 18.3 Å². The molecular weight excluding hydrogens is 226 g/mol. The van der Waals surface area contributed by atoms with Crippen molar-refractivity contribution in [2.75, 3.05) is 6.54 Å². The van der Waals surface area contributed by atoms with Crippen molar-refractivity contribution in [3.8, 4) is 0 Å². The summed E-state index contributed by atoms with van der Waals surface area (Å²) in [5.41, 5.74) is 7.58. The number of carbonyl (C=O) groups excluding carboxylic acids is 1. The SMILES string of the molecule is CCc1cccnc1CNC(=O)C(C)CCCN. The number of rotatable bonds is 7. The van der Waals surface area contributed by atoms with E-state index in [1.54, 1.807) is 6.20 Å². The Bertz CT molecular complexity index is 379. The molecule has 0 spiro atoms. The summed E-state index contributed by atoms with van der Waals surface area (Å²) in [5, 5.41) is 2.94. The number of carbonyl (C=O) groups is 1. The highest BCUT2D eigenvalue weighted by Crippen LogP contribution is 2.08. The Kier molecular flexibility index (Phi) is 6.36. The van der Waals surface area contributed by atoms with Gasteiger partial charge in [0.15, 0.2) is 0 Å². The Morgan fingerprint density at radius 1 is 1.56 bits per heavy atom. The van der Waals surface area contributed by atoms with Gasteiger partial charge in [-0.1, -0.05) is 19.9 Å². The Balaban J connectivity index is 2.46. The Morgan fingerprint density at radius 3 is 3.00 bits per heavy atom. The van der Waals surface area contributed by atoms with E-state index in [0.717, 1.165) is 25.0 Å². The second-order valence-corrected chi connectivity index (χ2v) is 4.51. The number of aryl methyl sites for hydroxylation is 1. The van der Waals surface area contributed by atoms with E-state index in [1.807, 2.05) is 19.1 Å². The van der Waals surface area contributed by atoms with Crippen molar-refractivity contribution in [1.29, 1.82) is 0 Å². The van der Waals surface area contributed by atoms with Crippen molar-refractivity contribution >= 4 is 5.91 Å². The minimum absolute atomic E-state index is 0.0161. The van der Waals surface area contributed by atoms with E-state index in [2.05, 4.69) is 17.2 Å². The van der Waals surface area contributed by atoms with Crippen LogP contribution in [0, 0.1) is 5.92 Å². The molecule has 1 unspecified atom stereocenters. The topological polar surface area (TPSA) is 68.0 Å². The van der Waals surface area contributed by atoms with Gasteiger partial charge in [-0.2, -0.15) is 0 Å². The van der Waals surface area contributed by atoms with E-state index in [4.69, 9.17) is 5.73 Å². The Hall–Kier alpha value is -1.42. The summed E-state index contributed by atoms with van der Waals surface area (Å²) < 4.78 is 0. The van der Waals surface area contributed by atoms with Gasteiger partial charge in [-0.15, -0.1) is 0 Å². The molecule has 4 heteroatoms. The molecular formula is C14H23N3O. The molecule has 0 fully saturated rings. The van der Waals surface area contributed by atoms with Crippen molar-refractivity contribution in [3.05, 3.63) is 29.6 Å². The van der Waals surface area contributed by atoms with E-state index in [1.165, 1.54) is 5.56 Å². The minimum Gasteiger partial charge on any atom is -0.350 e. The molecule has 4 nitrogen and oxygen atoms in total. The van der Waals surface area contributed by atoms with E-state index < -0.39 is 0 Å². The summed E-state index contributed by atoms with van der Waals surface area (Å²) in [6.07, 6.45) is 4.42. The van der Waals surface area contributed by atoms with Gasteiger partial charge < -0.3 is 11.1 Å². The summed E-state index contributed by atoms with van der Waals surface area (Å²) in [7, 11) is 0. The number of nitrogens with two attached hydrogens (primary N) is 1. The normalized spacial score (nSPS) is 12.2. The van der Waals surface area contributed by atoms with Gasteiger partial charge in [0, 0.05) is 12.1 Å². The quantitative estimate of drug-likeness (QED) is 0.772. The third-order valence-electron chi connectivity index (χ3n) is 3.08. The van der Waals surface area contributed by atoms with Gasteiger partial charge in [-0.25, -0.2) is 0 Å². The highest BCUT2D eigenvalue weighted by atomic mass is 16.1. The molecule has 1 rings (SSSR count). The van der Waals surface area contributed by atoms with Crippen molar-refractivity contribution in [2.45, 2.75) is 39.7 Å². The number of hydrogen-bond donors (Lipinski definition) is 2. The first-order valence-electron chi connectivity index (χ1n) is 6.59. The first kappa shape index (κ1) is 14.6. The molecule has 0 saturated heterocycles. The maximum atomic E-state index is 11.8. The summed E-state index contributed by atoms with van der Waals surface area (Å²) in [6.45, 7) is 5.17. The molecule has 1 aromatic heterocycles. The van der Waals surface area contributed by atoms with Crippen LogP contribution in [0.1, 0.15) is 37.9 Å². The van der Waals surface area contributed by atoms with Crippen molar-refractivity contribution in [3.63, 3.8) is 0 Å². The maximum absolute atomic E-state index is 11.8. The molecule has 18 heavy (non-hydrogen) atoms. The molecule has 0 aliphatic heterocycles. The zero-order valence-electron chi connectivity index (χ0n) is 11.3. The van der Waals surface area contributed by atoms with Crippen LogP contribution < -0.4 is 11.1 Å². The number of nitrogens with zero attached hydrogens (tertiary/aromatic N) is 1. The first-order chi connectivity index (χ1) is 8.69. The minimum atomic E-state index is 0.0161. The molecule has 0 aromatic carbocycles. The summed E-state index contributed by atoms with van der Waals surface area (Å²) in [5.74, 6) is 0.0958. The zero-order chi connectivity index (χ0) is 13.4. The lowest BCUT2D eigenvalue weighted by atomic mass is 10.0. The smallest absolute Gasteiger partial charge is 0.223 e. The number of amides is 1. The Labute approximate surface area is 109 Å². The predicted molar refractivity (Wildman–Crippen MR) is 72.9 cm³/mol. The molecule has 1 amide bonds. The monoisotopic (exact) mass is 249 g/mol. The zero-order valence-corrected chi connectivity index (χ0v) is 11.3. The van der Waals surface area contributed by atoms with Crippen LogP contribution in [-0.4, -0.2) is 17.4 Å². The average Bonchev–Trinajstić information content (AvgIpc) is 2.42. The molecule has 0 aliphatic rings. The highest BCUT2D eigenvalue weighted by molar-refractivity contribution is 5.78. The fraction of sp³-hybridized carbons (Fsp3) is 0.571. The number of pyridine rings is 1. The van der Waals surface area contributed by atoms with Gasteiger partial charge >= 0.3 is 0 Å². The van der Waals surface area contributed by atoms with Gasteiger partial charge in [-0.3, -0.25) is 9.78 Å². The van der Waals surface area contributed by atoms with Gasteiger partial charge in [0.2, 0.25) is 5.91 Å². The number of hydrogen-bond acceptors (Lipinski definition) is 3. The predicted octanol–water partition coefficient (Wildman–Crippen LogP) is 1.64. The lowest BCUT2D eigenvalue weighted by molar-refractivity contribution is -0.124. The third-order valence-corrected chi connectivity index (χ3v) is 3.08. The molecule has 1 atom stereocenters. The van der Waals surface area contributed by atoms with Gasteiger partial charge in [0.25, 0.3) is 0 Å².